The summed E-state index contributed by atoms with van der Waals surface area (Å²) in [6.07, 6.45) is 1.15. The second kappa shape index (κ2) is 6.00. The van der Waals surface area contributed by atoms with Crippen LogP contribution in [0.3, 0.4) is 0 Å². The van der Waals surface area contributed by atoms with Crippen molar-refractivity contribution in [2.75, 3.05) is 19.0 Å². The number of esters is 1. The fourth-order valence-electron chi connectivity index (χ4n) is 1.98. The third-order valence-corrected chi connectivity index (χ3v) is 2.96. The van der Waals surface area contributed by atoms with Gasteiger partial charge in [-0.3, -0.25) is 9.59 Å². The summed E-state index contributed by atoms with van der Waals surface area (Å²) in [6.45, 7) is 0.497. The van der Waals surface area contributed by atoms with Crippen molar-refractivity contribution < 1.29 is 14.3 Å². The highest BCUT2D eigenvalue weighted by atomic mass is 16.5. The smallest absolute Gasteiger partial charge is 0.307 e. The topological polar surface area (TPSA) is 55.4 Å². The molecule has 4 heteroatoms. The van der Waals surface area contributed by atoms with Crippen LogP contribution in [0, 0.1) is 0 Å². The highest BCUT2D eigenvalue weighted by Gasteiger charge is 2.05. The molecule has 0 spiro atoms. The number of fused-ring (bicyclic) bond motifs is 1. The number of anilines is 1. The summed E-state index contributed by atoms with van der Waals surface area (Å²) in [7, 11) is 1.37. The van der Waals surface area contributed by atoms with Crippen molar-refractivity contribution in [1.82, 2.24) is 0 Å². The first-order valence-electron chi connectivity index (χ1n) is 6.04. The van der Waals surface area contributed by atoms with Crippen molar-refractivity contribution in [2.45, 2.75) is 6.42 Å². The molecule has 19 heavy (non-hydrogen) atoms. The van der Waals surface area contributed by atoms with Crippen molar-refractivity contribution in [3.05, 3.63) is 42.0 Å². The first-order chi connectivity index (χ1) is 9.26. The minimum atomic E-state index is -0.249. The van der Waals surface area contributed by atoms with E-state index in [2.05, 4.69) is 10.1 Å². The van der Waals surface area contributed by atoms with Gasteiger partial charge in [0.15, 0.2) is 6.29 Å². The zero-order valence-corrected chi connectivity index (χ0v) is 10.7. The first kappa shape index (κ1) is 13.1. The Bertz CT molecular complexity index is 607. The zero-order chi connectivity index (χ0) is 13.7. The molecule has 0 saturated heterocycles. The molecule has 1 N–H and O–H groups in total. The maximum absolute atomic E-state index is 11.1. The number of carbonyl (C=O) groups is 2. The maximum atomic E-state index is 11.1. The minimum absolute atomic E-state index is 0.249. The van der Waals surface area contributed by atoms with Crippen LogP contribution in [0.5, 0.6) is 0 Å². The number of carbonyl (C=O) groups excluding carboxylic acids is 2. The summed E-state index contributed by atoms with van der Waals surface area (Å²) in [5, 5.41) is 5.06. The lowest BCUT2D eigenvalue weighted by molar-refractivity contribution is -0.140. The number of nitrogens with one attached hydrogen (secondary N) is 1. The van der Waals surface area contributed by atoms with Crippen molar-refractivity contribution in [1.29, 1.82) is 0 Å². The van der Waals surface area contributed by atoms with Crippen LogP contribution in [0.4, 0.5) is 5.69 Å². The summed E-state index contributed by atoms with van der Waals surface area (Å²) < 4.78 is 4.59. The second-order valence-electron chi connectivity index (χ2n) is 4.12. The van der Waals surface area contributed by atoms with Gasteiger partial charge < -0.3 is 10.1 Å². The second-order valence-corrected chi connectivity index (χ2v) is 4.12. The number of hydrogen-bond acceptors (Lipinski definition) is 4. The van der Waals surface area contributed by atoms with Gasteiger partial charge in [0.2, 0.25) is 0 Å². The molecule has 0 fully saturated rings. The summed E-state index contributed by atoms with van der Waals surface area (Å²) in [6, 6.07) is 11.3. The van der Waals surface area contributed by atoms with Crippen LogP contribution in [0.2, 0.25) is 0 Å². The van der Waals surface area contributed by atoms with Crippen LogP contribution < -0.4 is 5.32 Å². The Morgan fingerprint density at radius 1 is 1.21 bits per heavy atom. The Morgan fingerprint density at radius 3 is 2.63 bits per heavy atom. The van der Waals surface area contributed by atoms with Gasteiger partial charge in [-0.1, -0.05) is 24.3 Å². The average Bonchev–Trinajstić information content (AvgIpc) is 2.47. The van der Waals surface area contributed by atoms with Crippen LogP contribution >= 0.6 is 0 Å². The van der Waals surface area contributed by atoms with E-state index in [0.717, 1.165) is 22.7 Å². The lowest BCUT2D eigenvalue weighted by Gasteiger charge is -2.10. The molecule has 0 radical (unpaired) electrons. The van der Waals surface area contributed by atoms with E-state index < -0.39 is 0 Å². The normalized spacial score (nSPS) is 10.2. The largest absolute Gasteiger partial charge is 0.469 e. The molecule has 2 aromatic carbocycles. The van der Waals surface area contributed by atoms with Gasteiger partial charge in [0, 0.05) is 23.2 Å². The molecule has 2 aromatic rings. The standard InChI is InChI=1S/C15H15NO3/c1-19-15(18)8-9-16-14-7-6-11(10-17)12-4-2-3-5-13(12)14/h2-7,10,16H,8-9H2,1H3. The van der Waals surface area contributed by atoms with Gasteiger partial charge >= 0.3 is 5.97 Å². The van der Waals surface area contributed by atoms with Crippen molar-refractivity contribution in [2.24, 2.45) is 0 Å². The van der Waals surface area contributed by atoms with Crippen LogP contribution in [-0.2, 0) is 9.53 Å². The number of hydrogen-bond donors (Lipinski definition) is 1. The molecule has 0 unspecified atom stereocenters. The molecule has 0 amide bonds. The number of ether oxygens (including phenoxy) is 1. The van der Waals surface area contributed by atoms with Gasteiger partial charge in [-0.15, -0.1) is 0 Å². The number of aldehydes is 1. The Kier molecular flexibility index (Phi) is 4.13. The number of methoxy groups -OCH3 is 1. The predicted octanol–water partition coefficient (Wildman–Crippen LogP) is 2.63. The Balaban J connectivity index is 2.24. The Labute approximate surface area is 111 Å². The lowest BCUT2D eigenvalue weighted by atomic mass is 10.0. The van der Waals surface area contributed by atoms with E-state index in [9.17, 15) is 9.59 Å². The first-order valence-corrected chi connectivity index (χ1v) is 6.04. The molecule has 0 bridgehead atoms. The molecule has 0 atom stereocenters. The van der Waals surface area contributed by atoms with Gasteiger partial charge in [0.05, 0.1) is 13.5 Å². The van der Waals surface area contributed by atoms with Gasteiger partial charge in [0.25, 0.3) is 0 Å². The molecule has 2 rings (SSSR count). The summed E-state index contributed by atoms with van der Waals surface area (Å²) in [4.78, 5) is 22.0. The van der Waals surface area contributed by atoms with E-state index in [-0.39, 0.29) is 5.97 Å². The average molecular weight is 257 g/mol. The minimum Gasteiger partial charge on any atom is -0.469 e. The van der Waals surface area contributed by atoms with Crippen molar-refractivity contribution in [3.63, 3.8) is 0 Å². The summed E-state index contributed by atoms with van der Waals surface area (Å²) >= 11 is 0. The van der Waals surface area contributed by atoms with E-state index in [4.69, 9.17) is 0 Å². The van der Waals surface area contributed by atoms with Crippen LogP contribution in [0.1, 0.15) is 16.8 Å². The Hall–Kier alpha value is -2.36. The molecule has 98 valence electrons. The quantitative estimate of drug-likeness (QED) is 0.661. The van der Waals surface area contributed by atoms with E-state index in [1.165, 1.54) is 7.11 Å². The third kappa shape index (κ3) is 2.91. The van der Waals surface area contributed by atoms with Crippen molar-refractivity contribution >= 4 is 28.7 Å². The highest BCUT2D eigenvalue weighted by molar-refractivity contribution is 6.03. The van der Waals surface area contributed by atoms with E-state index in [0.29, 0.717) is 18.5 Å². The molecular formula is C15H15NO3. The molecule has 0 aliphatic heterocycles. The van der Waals surface area contributed by atoms with Gasteiger partial charge in [-0.25, -0.2) is 0 Å². The molecule has 4 nitrogen and oxygen atoms in total. The SMILES string of the molecule is COC(=O)CCNc1ccc(C=O)c2ccccc12. The van der Waals surface area contributed by atoms with Gasteiger partial charge in [-0.05, 0) is 17.5 Å². The molecule has 0 heterocycles. The summed E-state index contributed by atoms with van der Waals surface area (Å²) in [5.74, 6) is -0.249. The van der Waals surface area contributed by atoms with Crippen LogP contribution in [0.25, 0.3) is 10.8 Å². The van der Waals surface area contributed by atoms with E-state index in [1.807, 2.05) is 30.3 Å². The van der Waals surface area contributed by atoms with Crippen LogP contribution in [-0.4, -0.2) is 25.9 Å². The molecule has 0 aliphatic rings. The molecule has 0 saturated carbocycles. The fraction of sp³-hybridized carbons (Fsp3) is 0.200. The summed E-state index contributed by atoms with van der Waals surface area (Å²) in [5.41, 5.74) is 1.57. The van der Waals surface area contributed by atoms with Crippen LogP contribution in [0.15, 0.2) is 36.4 Å². The Morgan fingerprint density at radius 2 is 1.95 bits per heavy atom. The van der Waals surface area contributed by atoms with Gasteiger partial charge in [0.1, 0.15) is 0 Å². The number of rotatable bonds is 5. The molecule has 0 aliphatic carbocycles. The van der Waals surface area contributed by atoms with E-state index in [1.54, 1.807) is 6.07 Å². The third-order valence-electron chi connectivity index (χ3n) is 2.96. The number of benzene rings is 2. The predicted molar refractivity (Wildman–Crippen MR) is 74.5 cm³/mol. The monoisotopic (exact) mass is 257 g/mol. The van der Waals surface area contributed by atoms with Crippen molar-refractivity contribution in [3.8, 4) is 0 Å². The van der Waals surface area contributed by atoms with E-state index >= 15 is 0 Å². The lowest BCUT2D eigenvalue weighted by Crippen LogP contribution is -2.09. The van der Waals surface area contributed by atoms with Gasteiger partial charge in [-0.2, -0.15) is 0 Å². The zero-order valence-electron chi connectivity index (χ0n) is 10.7. The highest BCUT2D eigenvalue weighted by Crippen LogP contribution is 2.25. The maximum Gasteiger partial charge on any atom is 0.307 e. The molecule has 0 aromatic heterocycles. The molecular weight excluding hydrogens is 242 g/mol. The fourth-order valence-corrected chi connectivity index (χ4v) is 1.98.